The summed E-state index contributed by atoms with van der Waals surface area (Å²) in [6, 6.07) is 6.13. The van der Waals surface area contributed by atoms with Crippen molar-refractivity contribution in [1.29, 1.82) is 0 Å². The first-order chi connectivity index (χ1) is 6.81. The zero-order chi connectivity index (χ0) is 9.97. The second-order valence-electron chi connectivity index (χ2n) is 3.29. The number of nitrogens with zero attached hydrogens (tertiary/aromatic N) is 1. The molecule has 1 heterocycles. The van der Waals surface area contributed by atoms with Gasteiger partial charge in [0.1, 0.15) is 0 Å². The molecule has 2 rings (SSSR count). The van der Waals surface area contributed by atoms with Crippen LogP contribution in [0, 0.1) is 0 Å². The fourth-order valence-electron chi connectivity index (χ4n) is 1.63. The Balaban J connectivity index is 2.40. The molecule has 2 nitrogen and oxygen atoms in total. The summed E-state index contributed by atoms with van der Waals surface area (Å²) in [4.78, 5) is 4.53. The second kappa shape index (κ2) is 4.05. The SMILES string of the molecule is CCSC1=NCCc2ccc(N)cc21. The largest absolute Gasteiger partial charge is 0.399 e. The average Bonchev–Trinajstić information content (AvgIpc) is 2.19. The van der Waals surface area contributed by atoms with Crippen molar-refractivity contribution < 1.29 is 0 Å². The van der Waals surface area contributed by atoms with Crippen molar-refractivity contribution in [3.8, 4) is 0 Å². The quantitative estimate of drug-likeness (QED) is 0.716. The van der Waals surface area contributed by atoms with Crippen LogP contribution in [0.25, 0.3) is 0 Å². The van der Waals surface area contributed by atoms with Gasteiger partial charge < -0.3 is 5.73 Å². The van der Waals surface area contributed by atoms with Crippen LogP contribution in [-0.4, -0.2) is 17.3 Å². The summed E-state index contributed by atoms with van der Waals surface area (Å²) in [6.07, 6.45) is 1.05. The van der Waals surface area contributed by atoms with Gasteiger partial charge in [-0.15, -0.1) is 11.8 Å². The number of nitrogen functional groups attached to an aromatic ring is 1. The smallest absolute Gasteiger partial charge is 0.0980 e. The molecule has 0 atom stereocenters. The number of anilines is 1. The molecular weight excluding hydrogens is 192 g/mol. The van der Waals surface area contributed by atoms with E-state index in [-0.39, 0.29) is 0 Å². The topological polar surface area (TPSA) is 38.4 Å². The third kappa shape index (κ3) is 1.77. The number of rotatable bonds is 1. The lowest BCUT2D eigenvalue weighted by Gasteiger charge is -2.16. The molecule has 0 unspecified atom stereocenters. The molecule has 1 aliphatic heterocycles. The van der Waals surface area contributed by atoms with Crippen molar-refractivity contribution in [3.63, 3.8) is 0 Å². The van der Waals surface area contributed by atoms with Crippen LogP contribution in [-0.2, 0) is 6.42 Å². The predicted molar refractivity (Wildman–Crippen MR) is 64.1 cm³/mol. The van der Waals surface area contributed by atoms with Crippen molar-refractivity contribution in [3.05, 3.63) is 29.3 Å². The summed E-state index contributed by atoms with van der Waals surface area (Å²) < 4.78 is 0. The van der Waals surface area contributed by atoms with Crippen LogP contribution in [0.2, 0.25) is 0 Å². The number of hydrogen-bond acceptors (Lipinski definition) is 3. The molecule has 0 bridgehead atoms. The van der Waals surface area contributed by atoms with Crippen LogP contribution < -0.4 is 5.73 Å². The summed E-state index contributed by atoms with van der Waals surface area (Å²) in [5.74, 6) is 1.06. The highest BCUT2D eigenvalue weighted by atomic mass is 32.2. The molecule has 2 N–H and O–H groups in total. The number of benzene rings is 1. The third-order valence-electron chi connectivity index (χ3n) is 2.28. The molecule has 0 saturated carbocycles. The van der Waals surface area contributed by atoms with E-state index in [2.05, 4.69) is 18.0 Å². The Bertz CT molecular complexity index is 372. The minimum Gasteiger partial charge on any atom is -0.399 e. The zero-order valence-electron chi connectivity index (χ0n) is 8.29. The second-order valence-corrected chi connectivity index (χ2v) is 4.54. The molecule has 0 spiro atoms. The van der Waals surface area contributed by atoms with Gasteiger partial charge in [-0.3, -0.25) is 4.99 Å². The van der Waals surface area contributed by atoms with E-state index >= 15 is 0 Å². The maximum Gasteiger partial charge on any atom is 0.0980 e. The summed E-state index contributed by atoms with van der Waals surface area (Å²) in [7, 11) is 0. The Morgan fingerprint density at radius 3 is 3.14 bits per heavy atom. The van der Waals surface area contributed by atoms with Gasteiger partial charge in [-0.2, -0.15) is 0 Å². The number of fused-ring (bicyclic) bond motifs is 1. The molecule has 0 aliphatic carbocycles. The first-order valence-electron chi connectivity index (χ1n) is 4.87. The summed E-state index contributed by atoms with van der Waals surface area (Å²) >= 11 is 1.80. The number of thioether (sulfide) groups is 1. The Kier molecular flexibility index (Phi) is 2.77. The molecule has 0 radical (unpaired) electrons. The first-order valence-corrected chi connectivity index (χ1v) is 5.86. The lowest BCUT2D eigenvalue weighted by Crippen LogP contribution is -2.10. The van der Waals surface area contributed by atoms with Gasteiger partial charge >= 0.3 is 0 Å². The van der Waals surface area contributed by atoms with E-state index in [1.54, 1.807) is 11.8 Å². The van der Waals surface area contributed by atoms with Crippen LogP contribution in [0.4, 0.5) is 5.69 Å². The van der Waals surface area contributed by atoms with E-state index in [9.17, 15) is 0 Å². The highest BCUT2D eigenvalue weighted by Crippen LogP contribution is 2.24. The van der Waals surface area contributed by atoms with Gasteiger partial charge in [0.05, 0.1) is 5.04 Å². The van der Waals surface area contributed by atoms with E-state index in [0.29, 0.717) is 0 Å². The summed E-state index contributed by atoms with van der Waals surface area (Å²) in [5.41, 5.74) is 9.22. The van der Waals surface area contributed by atoms with Crippen molar-refractivity contribution >= 4 is 22.5 Å². The van der Waals surface area contributed by atoms with E-state index in [0.717, 1.165) is 29.4 Å². The van der Waals surface area contributed by atoms with Crippen LogP contribution in [0.1, 0.15) is 18.1 Å². The lowest BCUT2D eigenvalue weighted by atomic mass is 10.0. The monoisotopic (exact) mass is 206 g/mol. The minimum absolute atomic E-state index is 0.829. The first kappa shape index (κ1) is 9.59. The van der Waals surface area contributed by atoms with Crippen LogP contribution >= 0.6 is 11.8 Å². The molecule has 0 amide bonds. The molecule has 3 heteroatoms. The highest BCUT2D eigenvalue weighted by Gasteiger charge is 2.13. The fourth-order valence-corrected chi connectivity index (χ4v) is 2.44. The van der Waals surface area contributed by atoms with E-state index in [1.165, 1.54) is 11.1 Å². The van der Waals surface area contributed by atoms with Gasteiger partial charge in [0.15, 0.2) is 0 Å². The standard InChI is InChI=1S/C11H14N2S/c1-2-14-11-10-7-9(12)4-3-8(10)5-6-13-11/h3-4,7H,2,5-6,12H2,1H3. The number of aliphatic imine (C=N–C) groups is 1. The Labute approximate surface area is 88.6 Å². The van der Waals surface area contributed by atoms with Gasteiger partial charge in [0, 0.05) is 17.8 Å². The third-order valence-corrected chi connectivity index (χ3v) is 3.19. The minimum atomic E-state index is 0.829. The van der Waals surface area contributed by atoms with Crippen LogP contribution in [0.5, 0.6) is 0 Å². The number of nitrogens with two attached hydrogens (primary N) is 1. The molecule has 1 aromatic rings. The number of hydrogen-bond donors (Lipinski definition) is 1. The molecule has 0 saturated heterocycles. The Morgan fingerprint density at radius 1 is 1.50 bits per heavy atom. The van der Waals surface area contributed by atoms with Crippen molar-refractivity contribution in [2.75, 3.05) is 18.0 Å². The highest BCUT2D eigenvalue weighted by molar-refractivity contribution is 8.14. The maximum atomic E-state index is 5.78. The van der Waals surface area contributed by atoms with Crippen LogP contribution in [0.3, 0.4) is 0 Å². The predicted octanol–water partition coefficient (Wildman–Crippen LogP) is 2.32. The van der Waals surface area contributed by atoms with Crippen molar-refractivity contribution in [2.24, 2.45) is 4.99 Å². The molecule has 1 aromatic carbocycles. The molecule has 74 valence electrons. The summed E-state index contributed by atoms with van der Waals surface area (Å²) in [5, 5.41) is 1.15. The molecular formula is C11H14N2S. The molecule has 0 aromatic heterocycles. The van der Waals surface area contributed by atoms with Gasteiger partial charge in [-0.25, -0.2) is 0 Å². The fraction of sp³-hybridized carbons (Fsp3) is 0.364. The van der Waals surface area contributed by atoms with Gasteiger partial charge in [-0.1, -0.05) is 13.0 Å². The van der Waals surface area contributed by atoms with Gasteiger partial charge in [0.25, 0.3) is 0 Å². The molecule has 14 heavy (non-hydrogen) atoms. The summed E-state index contributed by atoms with van der Waals surface area (Å²) in [6.45, 7) is 3.06. The van der Waals surface area contributed by atoms with E-state index < -0.39 is 0 Å². The van der Waals surface area contributed by atoms with Crippen molar-refractivity contribution in [1.82, 2.24) is 0 Å². The zero-order valence-corrected chi connectivity index (χ0v) is 9.10. The van der Waals surface area contributed by atoms with E-state index in [1.807, 2.05) is 12.1 Å². The van der Waals surface area contributed by atoms with Gasteiger partial charge in [0.2, 0.25) is 0 Å². The molecule has 1 aliphatic rings. The van der Waals surface area contributed by atoms with Crippen molar-refractivity contribution in [2.45, 2.75) is 13.3 Å². The van der Waals surface area contributed by atoms with E-state index in [4.69, 9.17) is 5.73 Å². The Morgan fingerprint density at radius 2 is 2.36 bits per heavy atom. The van der Waals surface area contributed by atoms with Crippen LogP contribution in [0.15, 0.2) is 23.2 Å². The molecule has 0 fully saturated rings. The lowest BCUT2D eigenvalue weighted by molar-refractivity contribution is 0.950. The maximum absolute atomic E-state index is 5.78. The van der Waals surface area contributed by atoms with Gasteiger partial charge in [-0.05, 0) is 29.9 Å². The normalized spacial score (nSPS) is 14.8. The average molecular weight is 206 g/mol. The Hall–Kier alpha value is -0.960.